The standard InChI is InChI=1S/C17H22N2O2/c1-12(19(2)3)11-18-17(20)15-9-13-7-5-6-8-14(13)10-16(15)21-4/h5-10,12H,11H2,1-4H3,(H,18,20)/t12-/m0/s1. The van der Waals surface area contributed by atoms with Crippen molar-refractivity contribution in [3.05, 3.63) is 42.0 Å². The van der Waals surface area contributed by atoms with Crippen molar-refractivity contribution in [3.63, 3.8) is 0 Å². The number of benzene rings is 2. The molecular weight excluding hydrogens is 264 g/mol. The van der Waals surface area contributed by atoms with Crippen molar-refractivity contribution in [1.82, 2.24) is 10.2 Å². The van der Waals surface area contributed by atoms with Crippen LogP contribution >= 0.6 is 0 Å². The van der Waals surface area contributed by atoms with Gasteiger partial charge in [0.25, 0.3) is 5.91 Å². The summed E-state index contributed by atoms with van der Waals surface area (Å²) in [6.45, 7) is 2.67. The number of hydrogen-bond acceptors (Lipinski definition) is 3. The van der Waals surface area contributed by atoms with Crippen LogP contribution in [0.5, 0.6) is 5.75 Å². The minimum absolute atomic E-state index is 0.105. The van der Waals surface area contributed by atoms with Gasteiger partial charge in [-0.2, -0.15) is 0 Å². The smallest absolute Gasteiger partial charge is 0.255 e. The van der Waals surface area contributed by atoms with Crippen LogP contribution in [0.25, 0.3) is 10.8 Å². The van der Waals surface area contributed by atoms with Gasteiger partial charge in [-0.1, -0.05) is 24.3 Å². The predicted octanol–water partition coefficient (Wildman–Crippen LogP) is 2.53. The summed E-state index contributed by atoms with van der Waals surface area (Å²) in [4.78, 5) is 14.5. The molecule has 2 aromatic carbocycles. The zero-order valence-electron chi connectivity index (χ0n) is 13.0. The second-order valence-corrected chi connectivity index (χ2v) is 5.42. The summed E-state index contributed by atoms with van der Waals surface area (Å²) in [6, 6.07) is 12.0. The van der Waals surface area contributed by atoms with Gasteiger partial charge in [0, 0.05) is 12.6 Å². The number of likely N-dealkylation sites (N-methyl/N-ethyl adjacent to an activating group) is 1. The number of ether oxygens (including phenoxy) is 1. The first kappa shape index (κ1) is 15.3. The maximum Gasteiger partial charge on any atom is 0.255 e. The number of nitrogens with zero attached hydrogens (tertiary/aromatic N) is 1. The van der Waals surface area contributed by atoms with E-state index in [1.165, 1.54) is 0 Å². The molecule has 2 rings (SSSR count). The third-order valence-corrected chi connectivity index (χ3v) is 3.75. The Morgan fingerprint density at radius 3 is 2.43 bits per heavy atom. The molecule has 1 atom stereocenters. The van der Waals surface area contributed by atoms with Crippen LogP contribution in [-0.4, -0.2) is 44.6 Å². The van der Waals surface area contributed by atoms with Crippen LogP contribution in [0.1, 0.15) is 17.3 Å². The highest BCUT2D eigenvalue weighted by Crippen LogP contribution is 2.25. The third-order valence-electron chi connectivity index (χ3n) is 3.75. The average molecular weight is 286 g/mol. The minimum Gasteiger partial charge on any atom is -0.496 e. The first-order valence-electron chi connectivity index (χ1n) is 7.04. The van der Waals surface area contributed by atoms with Crippen LogP contribution in [0.3, 0.4) is 0 Å². The van der Waals surface area contributed by atoms with Gasteiger partial charge in [-0.25, -0.2) is 0 Å². The summed E-state index contributed by atoms with van der Waals surface area (Å²) in [5.41, 5.74) is 0.571. The molecule has 4 heteroatoms. The van der Waals surface area contributed by atoms with E-state index in [1.54, 1.807) is 7.11 Å². The van der Waals surface area contributed by atoms with Crippen LogP contribution in [0, 0.1) is 0 Å². The van der Waals surface area contributed by atoms with Gasteiger partial charge < -0.3 is 15.0 Å². The van der Waals surface area contributed by atoms with E-state index in [9.17, 15) is 4.79 Å². The van der Waals surface area contributed by atoms with Gasteiger partial charge in [0.15, 0.2) is 0 Å². The van der Waals surface area contributed by atoms with Crippen molar-refractivity contribution in [2.45, 2.75) is 13.0 Å². The van der Waals surface area contributed by atoms with E-state index >= 15 is 0 Å². The molecule has 0 bridgehead atoms. The number of methoxy groups -OCH3 is 1. The van der Waals surface area contributed by atoms with Gasteiger partial charge >= 0.3 is 0 Å². The molecule has 21 heavy (non-hydrogen) atoms. The van der Waals surface area contributed by atoms with Crippen molar-refractivity contribution in [2.75, 3.05) is 27.7 Å². The predicted molar refractivity (Wildman–Crippen MR) is 86.0 cm³/mol. The average Bonchev–Trinajstić information content (AvgIpc) is 2.50. The number of hydrogen-bond donors (Lipinski definition) is 1. The van der Waals surface area contributed by atoms with Gasteiger partial charge in [-0.15, -0.1) is 0 Å². The number of carbonyl (C=O) groups excluding carboxylic acids is 1. The molecule has 0 spiro atoms. The Kier molecular flexibility index (Phi) is 4.81. The lowest BCUT2D eigenvalue weighted by atomic mass is 10.1. The van der Waals surface area contributed by atoms with E-state index in [-0.39, 0.29) is 11.9 Å². The molecule has 0 aliphatic carbocycles. The fourth-order valence-corrected chi connectivity index (χ4v) is 2.08. The Bertz CT molecular complexity index is 638. The highest BCUT2D eigenvalue weighted by Gasteiger charge is 2.14. The molecule has 2 aromatic rings. The monoisotopic (exact) mass is 286 g/mol. The Labute approximate surface area is 125 Å². The van der Waals surface area contributed by atoms with Gasteiger partial charge in [0.1, 0.15) is 5.75 Å². The molecule has 0 heterocycles. The van der Waals surface area contributed by atoms with Crippen LogP contribution in [0.15, 0.2) is 36.4 Å². The first-order chi connectivity index (χ1) is 10.0. The molecule has 0 saturated heterocycles. The van der Waals surface area contributed by atoms with Gasteiger partial charge in [0.05, 0.1) is 12.7 Å². The van der Waals surface area contributed by atoms with E-state index in [2.05, 4.69) is 17.1 Å². The number of fused-ring (bicyclic) bond motifs is 1. The second-order valence-electron chi connectivity index (χ2n) is 5.42. The Hall–Kier alpha value is -2.07. The molecule has 1 amide bonds. The highest BCUT2D eigenvalue weighted by atomic mass is 16.5. The lowest BCUT2D eigenvalue weighted by Crippen LogP contribution is -2.38. The summed E-state index contributed by atoms with van der Waals surface area (Å²) in [5.74, 6) is 0.495. The Balaban J connectivity index is 2.25. The lowest BCUT2D eigenvalue weighted by Gasteiger charge is -2.20. The zero-order valence-corrected chi connectivity index (χ0v) is 13.0. The van der Waals surface area contributed by atoms with Gasteiger partial charge in [-0.3, -0.25) is 4.79 Å². The largest absolute Gasteiger partial charge is 0.496 e. The molecular formula is C17H22N2O2. The number of rotatable bonds is 5. The zero-order chi connectivity index (χ0) is 15.4. The summed E-state index contributed by atoms with van der Waals surface area (Å²) >= 11 is 0. The lowest BCUT2D eigenvalue weighted by molar-refractivity contribution is 0.0941. The maximum absolute atomic E-state index is 12.4. The summed E-state index contributed by atoms with van der Waals surface area (Å²) in [6.07, 6.45) is 0. The summed E-state index contributed by atoms with van der Waals surface area (Å²) in [7, 11) is 5.57. The van der Waals surface area contributed by atoms with Crippen molar-refractivity contribution in [2.24, 2.45) is 0 Å². The maximum atomic E-state index is 12.4. The number of amides is 1. The van der Waals surface area contributed by atoms with Crippen LogP contribution in [0.2, 0.25) is 0 Å². The molecule has 1 N–H and O–H groups in total. The third kappa shape index (κ3) is 3.52. The van der Waals surface area contributed by atoms with Crippen molar-refractivity contribution in [1.29, 1.82) is 0 Å². The van der Waals surface area contributed by atoms with Crippen molar-refractivity contribution < 1.29 is 9.53 Å². The van der Waals surface area contributed by atoms with E-state index in [4.69, 9.17) is 4.74 Å². The minimum atomic E-state index is -0.105. The molecule has 0 unspecified atom stereocenters. The quantitative estimate of drug-likeness (QED) is 0.918. The SMILES string of the molecule is COc1cc2ccccc2cc1C(=O)NC[C@H](C)N(C)C. The topological polar surface area (TPSA) is 41.6 Å². The van der Waals surface area contributed by atoms with Gasteiger partial charge in [-0.05, 0) is 43.9 Å². The van der Waals surface area contributed by atoms with E-state index in [1.807, 2.05) is 50.5 Å². The van der Waals surface area contributed by atoms with Crippen LogP contribution < -0.4 is 10.1 Å². The molecule has 0 radical (unpaired) electrons. The highest BCUT2D eigenvalue weighted by molar-refractivity contribution is 6.01. The molecule has 0 aliphatic heterocycles. The fourth-order valence-electron chi connectivity index (χ4n) is 2.08. The molecule has 0 aromatic heterocycles. The van der Waals surface area contributed by atoms with Crippen molar-refractivity contribution in [3.8, 4) is 5.75 Å². The molecule has 112 valence electrons. The van der Waals surface area contributed by atoms with E-state index in [0.29, 0.717) is 17.9 Å². The molecule has 0 saturated carbocycles. The molecule has 0 fully saturated rings. The fraction of sp³-hybridized carbons (Fsp3) is 0.353. The number of carbonyl (C=O) groups is 1. The van der Waals surface area contributed by atoms with E-state index < -0.39 is 0 Å². The first-order valence-corrected chi connectivity index (χ1v) is 7.04. The molecule has 4 nitrogen and oxygen atoms in total. The normalized spacial score (nSPS) is 12.4. The van der Waals surface area contributed by atoms with Gasteiger partial charge in [0.2, 0.25) is 0 Å². The van der Waals surface area contributed by atoms with Crippen LogP contribution in [0.4, 0.5) is 0 Å². The van der Waals surface area contributed by atoms with Crippen molar-refractivity contribution >= 4 is 16.7 Å². The Morgan fingerprint density at radius 1 is 1.24 bits per heavy atom. The summed E-state index contributed by atoms with van der Waals surface area (Å²) < 4.78 is 5.36. The van der Waals surface area contributed by atoms with E-state index in [0.717, 1.165) is 10.8 Å². The number of nitrogens with one attached hydrogen (secondary N) is 1. The Morgan fingerprint density at radius 2 is 1.86 bits per heavy atom. The molecule has 0 aliphatic rings. The summed E-state index contributed by atoms with van der Waals surface area (Å²) in [5, 5.41) is 5.05. The second kappa shape index (κ2) is 6.59. The van der Waals surface area contributed by atoms with Crippen LogP contribution in [-0.2, 0) is 0 Å².